The van der Waals surface area contributed by atoms with Crippen LogP contribution in [0, 0.1) is 19.7 Å². The molecule has 0 radical (unpaired) electrons. The van der Waals surface area contributed by atoms with Gasteiger partial charge in [-0.05, 0) is 42.6 Å². The Labute approximate surface area is 122 Å². The third kappa shape index (κ3) is 3.29. The number of para-hydroxylation sites is 1. The fourth-order valence-corrected chi connectivity index (χ4v) is 2.07. The van der Waals surface area contributed by atoms with Gasteiger partial charge in [0.05, 0.1) is 5.56 Å². The molecule has 0 spiro atoms. The van der Waals surface area contributed by atoms with Crippen molar-refractivity contribution in [2.75, 3.05) is 5.32 Å². The smallest absolute Gasteiger partial charge is 0.423 e. The Morgan fingerprint density at radius 3 is 2.33 bits per heavy atom. The average molecular weight is 287 g/mol. The first-order valence-electron chi connectivity index (χ1n) is 6.43. The van der Waals surface area contributed by atoms with Gasteiger partial charge in [0.2, 0.25) is 0 Å². The Balaban J connectivity index is 2.35. The minimum absolute atomic E-state index is 0.0584. The van der Waals surface area contributed by atoms with Gasteiger partial charge < -0.3 is 15.4 Å². The summed E-state index contributed by atoms with van der Waals surface area (Å²) in [5.74, 6) is -1.35. The summed E-state index contributed by atoms with van der Waals surface area (Å²) < 4.78 is 13.8. The Morgan fingerprint density at radius 1 is 1.14 bits per heavy atom. The molecule has 0 aliphatic heterocycles. The second-order valence-electron chi connectivity index (χ2n) is 4.83. The average Bonchev–Trinajstić information content (AvgIpc) is 2.43. The summed E-state index contributed by atoms with van der Waals surface area (Å²) in [7, 11) is -1.75. The predicted octanol–water partition coefficient (Wildman–Crippen LogP) is 1.37. The Bertz CT molecular complexity index is 668. The highest BCUT2D eigenvalue weighted by Gasteiger charge is 2.18. The van der Waals surface area contributed by atoms with Crippen LogP contribution in [0.1, 0.15) is 21.5 Å². The molecule has 0 aliphatic carbocycles. The van der Waals surface area contributed by atoms with E-state index in [0.717, 1.165) is 23.3 Å². The number of hydrogen-bond donors (Lipinski definition) is 3. The van der Waals surface area contributed by atoms with E-state index in [-0.39, 0.29) is 11.0 Å². The molecule has 2 rings (SSSR count). The van der Waals surface area contributed by atoms with Crippen LogP contribution in [-0.2, 0) is 0 Å². The first-order valence-corrected chi connectivity index (χ1v) is 6.43. The second-order valence-corrected chi connectivity index (χ2v) is 4.83. The quantitative estimate of drug-likeness (QED) is 0.747. The van der Waals surface area contributed by atoms with Crippen LogP contribution in [0.3, 0.4) is 0 Å². The van der Waals surface area contributed by atoms with Crippen molar-refractivity contribution in [3.05, 3.63) is 58.9 Å². The van der Waals surface area contributed by atoms with Crippen LogP contribution in [-0.4, -0.2) is 23.1 Å². The van der Waals surface area contributed by atoms with E-state index in [2.05, 4.69) is 5.32 Å². The van der Waals surface area contributed by atoms with E-state index in [4.69, 9.17) is 10.0 Å². The van der Waals surface area contributed by atoms with Gasteiger partial charge in [-0.15, -0.1) is 0 Å². The topological polar surface area (TPSA) is 69.6 Å². The van der Waals surface area contributed by atoms with E-state index < -0.39 is 18.8 Å². The molecule has 3 N–H and O–H groups in total. The summed E-state index contributed by atoms with van der Waals surface area (Å²) in [6.45, 7) is 3.68. The van der Waals surface area contributed by atoms with Crippen LogP contribution in [0.25, 0.3) is 0 Å². The van der Waals surface area contributed by atoms with Gasteiger partial charge >= 0.3 is 7.12 Å². The third-order valence-electron chi connectivity index (χ3n) is 3.25. The molecule has 4 nitrogen and oxygen atoms in total. The van der Waals surface area contributed by atoms with Crippen molar-refractivity contribution >= 4 is 24.2 Å². The summed E-state index contributed by atoms with van der Waals surface area (Å²) in [5.41, 5.74) is 2.17. The van der Waals surface area contributed by atoms with Gasteiger partial charge in [0.25, 0.3) is 5.91 Å². The lowest BCUT2D eigenvalue weighted by Gasteiger charge is -2.12. The van der Waals surface area contributed by atoms with Gasteiger partial charge in [0.15, 0.2) is 0 Å². The van der Waals surface area contributed by atoms with Crippen LogP contribution >= 0.6 is 0 Å². The van der Waals surface area contributed by atoms with Crippen molar-refractivity contribution in [2.45, 2.75) is 13.8 Å². The van der Waals surface area contributed by atoms with Gasteiger partial charge in [-0.1, -0.05) is 24.3 Å². The van der Waals surface area contributed by atoms with Gasteiger partial charge in [0.1, 0.15) is 5.82 Å². The molecule has 0 atom stereocenters. The maximum atomic E-state index is 13.8. The lowest BCUT2D eigenvalue weighted by Crippen LogP contribution is -2.31. The van der Waals surface area contributed by atoms with E-state index in [0.29, 0.717) is 5.69 Å². The number of anilines is 1. The summed E-state index contributed by atoms with van der Waals surface area (Å²) >= 11 is 0. The van der Waals surface area contributed by atoms with Gasteiger partial charge in [-0.2, -0.15) is 0 Å². The number of benzene rings is 2. The van der Waals surface area contributed by atoms with Crippen molar-refractivity contribution in [3.63, 3.8) is 0 Å². The Hall–Kier alpha value is -2.18. The number of nitrogens with one attached hydrogen (secondary N) is 1. The number of carbonyl (C=O) groups is 1. The minimum Gasteiger partial charge on any atom is -0.423 e. The monoisotopic (exact) mass is 287 g/mol. The summed E-state index contributed by atoms with van der Waals surface area (Å²) in [5, 5.41) is 20.9. The number of rotatable bonds is 3. The van der Waals surface area contributed by atoms with Crippen LogP contribution in [0.2, 0.25) is 0 Å². The van der Waals surface area contributed by atoms with E-state index in [1.807, 2.05) is 32.0 Å². The van der Waals surface area contributed by atoms with E-state index >= 15 is 0 Å². The molecule has 0 bridgehead atoms. The number of carbonyl (C=O) groups excluding carboxylic acids is 1. The zero-order valence-corrected chi connectivity index (χ0v) is 11.7. The lowest BCUT2D eigenvalue weighted by atomic mass is 9.79. The van der Waals surface area contributed by atoms with Crippen molar-refractivity contribution in [3.8, 4) is 0 Å². The number of amides is 1. The van der Waals surface area contributed by atoms with Crippen LogP contribution in [0.5, 0.6) is 0 Å². The summed E-state index contributed by atoms with van der Waals surface area (Å²) in [4.78, 5) is 12.2. The molecule has 0 unspecified atom stereocenters. The van der Waals surface area contributed by atoms with E-state index in [1.54, 1.807) is 0 Å². The first kappa shape index (κ1) is 15.2. The Kier molecular flexibility index (Phi) is 4.40. The third-order valence-corrected chi connectivity index (χ3v) is 3.25. The fourth-order valence-electron chi connectivity index (χ4n) is 2.07. The molecule has 108 valence electrons. The number of hydrogen-bond acceptors (Lipinski definition) is 3. The van der Waals surface area contributed by atoms with Crippen molar-refractivity contribution < 1.29 is 19.2 Å². The van der Waals surface area contributed by atoms with Gasteiger partial charge in [0, 0.05) is 5.69 Å². The minimum atomic E-state index is -1.75. The number of halogens is 1. The van der Waals surface area contributed by atoms with Crippen LogP contribution < -0.4 is 10.8 Å². The SMILES string of the molecule is Cc1cccc(C)c1NC(=O)c1cc(B(O)O)ccc1F. The maximum absolute atomic E-state index is 13.8. The first-order chi connectivity index (χ1) is 9.90. The fraction of sp³-hybridized carbons (Fsp3) is 0.133. The van der Waals surface area contributed by atoms with Crippen molar-refractivity contribution in [1.29, 1.82) is 0 Å². The van der Waals surface area contributed by atoms with Crippen LogP contribution in [0.4, 0.5) is 10.1 Å². The van der Waals surface area contributed by atoms with Gasteiger partial charge in [-0.25, -0.2) is 4.39 Å². The molecule has 0 aliphatic rings. The molecule has 1 amide bonds. The molecule has 0 saturated heterocycles. The highest BCUT2D eigenvalue weighted by atomic mass is 19.1. The van der Waals surface area contributed by atoms with Crippen molar-refractivity contribution in [2.24, 2.45) is 0 Å². The normalized spacial score (nSPS) is 10.3. The summed E-state index contributed by atoms with van der Waals surface area (Å²) in [6.07, 6.45) is 0. The molecule has 0 heterocycles. The molecule has 0 fully saturated rings. The second kappa shape index (κ2) is 6.07. The van der Waals surface area contributed by atoms with Gasteiger partial charge in [-0.3, -0.25) is 4.79 Å². The number of aryl methyl sites for hydroxylation is 2. The molecular weight excluding hydrogens is 272 g/mol. The maximum Gasteiger partial charge on any atom is 0.488 e. The standard InChI is InChI=1S/C15H15BFNO3/c1-9-4-3-5-10(2)14(9)18-15(19)12-8-11(16(20)21)6-7-13(12)17/h3-8,20-21H,1-2H3,(H,18,19). The molecular formula is C15H15BFNO3. The highest BCUT2D eigenvalue weighted by molar-refractivity contribution is 6.58. The van der Waals surface area contributed by atoms with Crippen LogP contribution in [0.15, 0.2) is 36.4 Å². The zero-order valence-electron chi connectivity index (χ0n) is 11.7. The lowest BCUT2D eigenvalue weighted by molar-refractivity contribution is 0.102. The Morgan fingerprint density at radius 2 is 1.76 bits per heavy atom. The zero-order chi connectivity index (χ0) is 15.6. The summed E-state index contributed by atoms with van der Waals surface area (Å²) in [6, 6.07) is 8.93. The largest absolute Gasteiger partial charge is 0.488 e. The van der Waals surface area contributed by atoms with E-state index in [9.17, 15) is 9.18 Å². The molecule has 21 heavy (non-hydrogen) atoms. The molecule has 0 saturated carbocycles. The highest BCUT2D eigenvalue weighted by Crippen LogP contribution is 2.20. The molecule has 2 aromatic carbocycles. The molecule has 0 aromatic heterocycles. The molecule has 6 heteroatoms. The van der Waals surface area contributed by atoms with E-state index in [1.165, 1.54) is 6.07 Å². The van der Waals surface area contributed by atoms with Crippen molar-refractivity contribution in [1.82, 2.24) is 0 Å². The molecule has 2 aromatic rings. The predicted molar refractivity (Wildman–Crippen MR) is 80.1 cm³/mol.